The summed E-state index contributed by atoms with van der Waals surface area (Å²) in [6, 6.07) is 9.63. The van der Waals surface area contributed by atoms with Gasteiger partial charge in [0.1, 0.15) is 5.82 Å². The van der Waals surface area contributed by atoms with E-state index >= 15 is 0 Å². The molecule has 0 aliphatic rings. The molecule has 0 fully saturated rings. The molecule has 0 aromatic carbocycles. The van der Waals surface area contributed by atoms with Gasteiger partial charge in [0.05, 0.1) is 24.5 Å². The Hall–Kier alpha value is -2.30. The van der Waals surface area contributed by atoms with Crippen molar-refractivity contribution in [3.63, 3.8) is 0 Å². The van der Waals surface area contributed by atoms with Crippen LogP contribution in [-0.2, 0) is 6.54 Å². The maximum absolute atomic E-state index is 5.85. The molecule has 2 aromatic heterocycles. The van der Waals surface area contributed by atoms with Crippen molar-refractivity contribution in [1.29, 1.82) is 0 Å². The molecule has 2 N–H and O–H groups in total. The van der Waals surface area contributed by atoms with Crippen molar-refractivity contribution in [1.82, 2.24) is 9.97 Å². The molecule has 0 atom stereocenters. The fourth-order valence-corrected chi connectivity index (χ4v) is 1.91. The Morgan fingerprint density at radius 2 is 2.05 bits per heavy atom. The van der Waals surface area contributed by atoms with Crippen molar-refractivity contribution in [2.75, 3.05) is 23.8 Å². The van der Waals surface area contributed by atoms with E-state index in [1.807, 2.05) is 37.3 Å². The van der Waals surface area contributed by atoms with Gasteiger partial charge in [0.2, 0.25) is 5.88 Å². The first kappa shape index (κ1) is 14.1. The average molecular weight is 272 g/mol. The van der Waals surface area contributed by atoms with Crippen molar-refractivity contribution in [3.05, 3.63) is 42.2 Å². The summed E-state index contributed by atoms with van der Waals surface area (Å²) in [6.45, 7) is 6.09. The third kappa shape index (κ3) is 3.38. The van der Waals surface area contributed by atoms with Gasteiger partial charge in [-0.2, -0.15) is 4.98 Å². The molecule has 20 heavy (non-hydrogen) atoms. The zero-order valence-electron chi connectivity index (χ0n) is 11.9. The average Bonchev–Trinajstić information content (AvgIpc) is 2.48. The minimum atomic E-state index is 0.490. The van der Waals surface area contributed by atoms with Crippen molar-refractivity contribution in [3.8, 4) is 5.88 Å². The largest absolute Gasteiger partial charge is 0.476 e. The topological polar surface area (TPSA) is 64.3 Å². The molecule has 0 aliphatic heterocycles. The van der Waals surface area contributed by atoms with Crippen molar-refractivity contribution in [2.45, 2.75) is 20.4 Å². The van der Waals surface area contributed by atoms with Crippen molar-refractivity contribution < 1.29 is 4.74 Å². The van der Waals surface area contributed by atoms with E-state index in [2.05, 4.69) is 21.8 Å². The van der Waals surface area contributed by atoms with E-state index in [9.17, 15) is 0 Å². The molecule has 2 rings (SSSR count). The van der Waals surface area contributed by atoms with Gasteiger partial charge >= 0.3 is 0 Å². The molecule has 0 saturated heterocycles. The van der Waals surface area contributed by atoms with E-state index in [0.29, 0.717) is 24.7 Å². The Kier molecular flexibility index (Phi) is 4.76. The molecule has 0 aliphatic carbocycles. The van der Waals surface area contributed by atoms with Crippen LogP contribution in [0.2, 0.25) is 0 Å². The number of hydrogen-bond donors (Lipinski definition) is 1. The number of nitrogen functional groups attached to an aromatic ring is 1. The van der Waals surface area contributed by atoms with Gasteiger partial charge in [0.25, 0.3) is 0 Å². The van der Waals surface area contributed by atoms with E-state index in [0.717, 1.165) is 18.1 Å². The standard InChI is InChI=1S/C15H20N4O/c1-3-19(11-12-7-5-6-10-17-12)14-9-8-13(16)15(18-14)20-4-2/h5-10H,3-4,11,16H2,1-2H3. The number of ether oxygens (including phenoxy) is 1. The quantitative estimate of drug-likeness (QED) is 0.875. The summed E-state index contributed by atoms with van der Waals surface area (Å²) in [5.41, 5.74) is 7.42. The summed E-state index contributed by atoms with van der Waals surface area (Å²) in [7, 11) is 0. The van der Waals surface area contributed by atoms with Crippen LogP contribution < -0.4 is 15.4 Å². The lowest BCUT2D eigenvalue weighted by Crippen LogP contribution is -2.23. The Bertz CT molecular complexity index is 545. The molecular formula is C15H20N4O. The van der Waals surface area contributed by atoms with Gasteiger partial charge in [-0.1, -0.05) is 6.07 Å². The minimum absolute atomic E-state index is 0.490. The van der Waals surface area contributed by atoms with E-state index in [1.54, 1.807) is 6.20 Å². The Labute approximate surface area is 119 Å². The van der Waals surface area contributed by atoms with Crippen LogP contribution in [0.3, 0.4) is 0 Å². The molecule has 0 spiro atoms. The van der Waals surface area contributed by atoms with Crippen molar-refractivity contribution in [2.24, 2.45) is 0 Å². The Balaban J connectivity index is 2.21. The second-order valence-corrected chi connectivity index (χ2v) is 4.33. The van der Waals surface area contributed by atoms with Gasteiger partial charge in [-0.3, -0.25) is 4.98 Å². The smallest absolute Gasteiger partial charge is 0.239 e. The maximum Gasteiger partial charge on any atom is 0.239 e. The number of anilines is 2. The molecule has 5 heteroatoms. The van der Waals surface area contributed by atoms with Gasteiger partial charge in [-0.25, -0.2) is 0 Å². The monoisotopic (exact) mass is 272 g/mol. The molecule has 2 heterocycles. The second-order valence-electron chi connectivity index (χ2n) is 4.33. The first-order valence-corrected chi connectivity index (χ1v) is 6.78. The highest BCUT2D eigenvalue weighted by atomic mass is 16.5. The molecule has 0 saturated carbocycles. The third-order valence-electron chi connectivity index (χ3n) is 2.94. The van der Waals surface area contributed by atoms with E-state index in [-0.39, 0.29) is 0 Å². The maximum atomic E-state index is 5.85. The van der Waals surface area contributed by atoms with Crippen LogP contribution in [0, 0.1) is 0 Å². The zero-order valence-corrected chi connectivity index (χ0v) is 11.9. The van der Waals surface area contributed by atoms with Crippen LogP contribution in [0.15, 0.2) is 36.5 Å². The number of pyridine rings is 2. The van der Waals surface area contributed by atoms with Crippen LogP contribution in [0.25, 0.3) is 0 Å². The van der Waals surface area contributed by atoms with Gasteiger partial charge in [0, 0.05) is 12.7 Å². The summed E-state index contributed by atoms with van der Waals surface area (Å²) in [5.74, 6) is 1.33. The van der Waals surface area contributed by atoms with Gasteiger partial charge < -0.3 is 15.4 Å². The van der Waals surface area contributed by atoms with E-state index in [4.69, 9.17) is 10.5 Å². The van der Waals surface area contributed by atoms with E-state index < -0.39 is 0 Å². The van der Waals surface area contributed by atoms with Crippen LogP contribution >= 0.6 is 0 Å². The van der Waals surface area contributed by atoms with Crippen LogP contribution in [0.1, 0.15) is 19.5 Å². The van der Waals surface area contributed by atoms with Gasteiger partial charge in [-0.15, -0.1) is 0 Å². The molecule has 5 nitrogen and oxygen atoms in total. The van der Waals surface area contributed by atoms with Gasteiger partial charge in [-0.05, 0) is 38.1 Å². The lowest BCUT2D eigenvalue weighted by atomic mass is 10.3. The summed E-state index contributed by atoms with van der Waals surface area (Å²) in [5, 5.41) is 0. The fourth-order valence-electron chi connectivity index (χ4n) is 1.91. The Morgan fingerprint density at radius 1 is 1.20 bits per heavy atom. The normalized spacial score (nSPS) is 10.3. The minimum Gasteiger partial charge on any atom is -0.476 e. The van der Waals surface area contributed by atoms with Crippen LogP contribution in [0.4, 0.5) is 11.5 Å². The molecule has 0 amide bonds. The molecule has 0 radical (unpaired) electrons. The zero-order chi connectivity index (χ0) is 14.4. The highest BCUT2D eigenvalue weighted by Gasteiger charge is 2.10. The summed E-state index contributed by atoms with van der Waals surface area (Å²) >= 11 is 0. The first-order chi connectivity index (χ1) is 9.74. The number of nitrogens with two attached hydrogens (primary N) is 1. The summed E-state index contributed by atoms with van der Waals surface area (Å²) in [6.07, 6.45) is 1.80. The molecule has 0 bridgehead atoms. The summed E-state index contributed by atoms with van der Waals surface area (Å²) in [4.78, 5) is 11.0. The molecule has 106 valence electrons. The lowest BCUT2D eigenvalue weighted by Gasteiger charge is -2.22. The highest BCUT2D eigenvalue weighted by molar-refractivity contribution is 5.54. The van der Waals surface area contributed by atoms with Crippen LogP contribution in [-0.4, -0.2) is 23.1 Å². The first-order valence-electron chi connectivity index (χ1n) is 6.78. The predicted octanol–water partition coefficient (Wildman–Crippen LogP) is 2.48. The highest BCUT2D eigenvalue weighted by Crippen LogP contribution is 2.23. The fraction of sp³-hybridized carbons (Fsp3) is 0.333. The predicted molar refractivity (Wildman–Crippen MR) is 80.8 cm³/mol. The number of nitrogens with zero attached hydrogens (tertiary/aromatic N) is 3. The van der Waals surface area contributed by atoms with Crippen molar-refractivity contribution >= 4 is 11.5 Å². The molecular weight excluding hydrogens is 252 g/mol. The SMILES string of the molecule is CCOc1nc(N(CC)Cc2ccccn2)ccc1N. The number of rotatable bonds is 6. The second kappa shape index (κ2) is 6.75. The number of aromatic nitrogens is 2. The molecule has 0 unspecified atom stereocenters. The molecule has 2 aromatic rings. The Morgan fingerprint density at radius 3 is 2.70 bits per heavy atom. The lowest BCUT2D eigenvalue weighted by molar-refractivity contribution is 0.329. The van der Waals surface area contributed by atoms with Gasteiger partial charge in [0.15, 0.2) is 0 Å². The van der Waals surface area contributed by atoms with E-state index in [1.165, 1.54) is 0 Å². The summed E-state index contributed by atoms with van der Waals surface area (Å²) < 4.78 is 5.44. The third-order valence-corrected chi connectivity index (χ3v) is 2.94. The number of hydrogen-bond acceptors (Lipinski definition) is 5. The van der Waals surface area contributed by atoms with Crippen LogP contribution in [0.5, 0.6) is 5.88 Å².